The molecule has 1 aromatic heterocycles. The van der Waals surface area contributed by atoms with Gasteiger partial charge in [0.05, 0.1) is 0 Å². The third kappa shape index (κ3) is 3.59. The van der Waals surface area contributed by atoms with Crippen LogP contribution in [0.25, 0.3) is 0 Å². The standard InChI is InChI=1S/C12H11F2NO2S2/c13-10-3-4-11(14)9(8-10)5-6-15-19(16,17)12-2-1-7-18-12/h1-4,7-8,15H,5-6H2. The van der Waals surface area contributed by atoms with E-state index in [1.54, 1.807) is 11.4 Å². The van der Waals surface area contributed by atoms with Crippen molar-refractivity contribution < 1.29 is 17.2 Å². The fraction of sp³-hybridized carbons (Fsp3) is 0.167. The maximum absolute atomic E-state index is 13.3. The number of thiophene rings is 1. The van der Waals surface area contributed by atoms with Crippen molar-refractivity contribution in [3.05, 3.63) is 52.9 Å². The zero-order chi connectivity index (χ0) is 13.9. The lowest BCUT2D eigenvalue weighted by molar-refractivity contribution is 0.573. The lowest BCUT2D eigenvalue weighted by Crippen LogP contribution is -2.25. The molecule has 0 amide bonds. The highest BCUT2D eigenvalue weighted by molar-refractivity contribution is 7.91. The zero-order valence-corrected chi connectivity index (χ0v) is 11.4. The van der Waals surface area contributed by atoms with Gasteiger partial charge in [-0.1, -0.05) is 6.07 Å². The molecule has 0 radical (unpaired) electrons. The van der Waals surface area contributed by atoms with Gasteiger partial charge in [-0.2, -0.15) is 0 Å². The first-order valence-corrected chi connectivity index (χ1v) is 7.82. The molecule has 1 aromatic carbocycles. The third-order valence-corrected chi connectivity index (χ3v) is 5.31. The highest BCUT2D eigenvalue weighted by Gasteiger charge is 2.14. The number of halogens is 2. The molecule has 0 aliphatic rings. The van der Waals surface area contributed by atoms with Crippen LogP contribution in [-0.4, -0.2) is 15.0 Å². The number of benzene rings is 1. The largest absolute Gasteiger partial charge is 0.250 e. The number of nitrogens with one attached hydrogen (secondary N) is 1. The maximum Gasteiger partial charge on any atom is 0.250 e. The molecule has 1 heterocycles. The Kier molecular flexibility index (Phi) is 4.28. The summed E-state index contributed by atoms with van der Waals surface area (Å²) in [6.07, 6.45) is 0.0915. The van der Waals surface area contributed by atoms with Crippen LogP contribution in [0.5, 0.6) is 0 Å². The minimum Gasteiger partial charge on any atom is -0.210 e. The van der Waals surface area contributed by atoms with Gasteiger partial charge >= 0.3 is 0 Å². The van der Waals surface area contributed by atoms with E-state index in [0.717, 1.165) is 29.5 Å². The van der Waals surface area contributed by atoms with E-state index in [1.165, 1.54) is 6.07 Å². The van der Waals surface area contributed by atoms with Crippen LogP contribution >= 0.6 is 11.3 Å². The van der Waals surface area contributed by atoms with Crippen molar-refractivity contribution in [2.24, 2.45) is 0 Å². The second-order valence-corrected chi connectivity index (χ2v) is 6.76. The molecule has 1 N–H and O–H groups in total. The minimum absolute atomic E-state index is 0.0145. The summed E-state index contributed by atoms with van der Waals surface area (Å²) < 4.78 is 52.3. The predicted molar refractivity (Wildman–Crippen MR) is 69.6 cm³/mol. The Balaban J connectivity index is 1.99. The molecule has 0 unspecified atom stereocenters. The van der Waals surface area contributed by atoms with Crippen molar-refractivity contribution in [3.8, 4) is 0 Å². The SMILES string of the molecule is O=S(=O)(NCCc1cc(F)ccc1F)c1cccs1. The van der Waals surface area contributed by atoms with Crippen LogP contribution in [0, 0.1) is 11.6 Å². The molecule has 0 aliphatic carbocycles. The van der Waals surface area contributed by atoms with Gasteiger partial charge in [-0.15, -0.1) is 11.3 Å². The quantitative estimate of drug-likeness (QED) is 0.922. The van der Waals surface area contributed by atoms with Gasteiger partial charge in [0.1, 0.15) is 15.8 Å². The van der Waals surface area contributed by atoms with Crippen molar-refractivity contribution >= 4 is 21.4 Å². The van der Waals surface area contributed by atoms with Gasteiger partial charge < -0.3 is 0 Å². The molecular weight excluding hydrogens is 292 g/mol. The van der Waals surface area contributed by atoms with Gasteiger partial charge in [0, 0.05) is 6.54 Å². The summed E-state index contributed by atoms with van der Waals surface area (Å²) >= 11 is 1.10. The van der Waals surface area contributed by atoms with Crippen molar-refractivity contribution in [2.75, 3.05) is 6.54 Å². The Bertz CT molecular complexity index is 654. The van der Waals surface area contributed by atoms with Crippen LogP contribution in [-0.2, 0) is 16.4 Å². The van der Waals surface area contributed by atoms with Crippen molar-refractivity contribution in [2.45, 2.75) is 10.6 Å². The topological polar surface area (TPSA) is 46.2 Å². The van der Waals surface area contributed by atoms with Gasteiger partial charge in [-0.25, -0.2) is 21.9 Å². The second kappa shape index (κ2) is 5.77. The summed E-state index contributed by atoms with van der Waals surface area (Å²) in [7, 11) is -3.56. The fourth-order valence-corrected chi connectivity index (χ4v) is 3.61. The van der Waals surface area contributed by atoms with Gasteiger partial charge in [-0.3, -0.25) is 0 Å². The second-order valence-electron chi connectivity index (χ2n) is 3.82. The van der Waals surface area contributed by atoms with Crippen LogP contribution in [0.4, 0.5) is 8.78 Å². The molecule has 102 valence electrons. The molecule has 19 heavy (non-hydrogen) atoms. The average molecular weight is 303 g/mol. The molecule has 2 rings (SSSR count). The molecule has 0 saturated carbocycles. The van der Waals surface area contributed by atoms with Gasteiger partial charge in [0.25, 0.3) is 0 Å². The van der Waals surface area contributed by atoms with Gasteiger partial charge in [0.15, 0.2) is 0 Å². The van der Waals surface area contributed by atoms with Crippen molar-refractivity contribution in [1.82, 2.24) is 4.72 Å². The third-order valence-electron chi connectivity index (χ3n) is 2.45. The van der Waals surface area contributed by atoms with Crippen molar-refractivity contribution in [3.63, 3.8) is 0 Å². The summed E-state index contributed by atoms with van der Waals surface area (Å²) in [6.45, 7) is 0.0145. The van der Waals surface area contributed by atoms with Crippen LogP contribution in [0.1, 0.15) is 5.56 Å². The summed E-state index contributed by atoms with van der Waals surface area (Å²) in [5.41, 5.74) is 0.147. The van der Waals surface area contributed by atoms with E-state index < -0.39 is 21.7 Å². The van der Waals surface area contributed by atoms with E-state index in [4.69, 9.17) is 0 Å². The zero-order valence-electron chi connectivity index (χ0n) is 9.77. The molecular formula is C12H11F2NO2S2. The molecule has 0 spiro atoms. The minimum atomic E-state index is -3.56. The number of rotatable bonds is 5. The van der Waals surface area contributed by atoms with E-state index in [9.17, 15) is 17.2 Å². The molecule has 0 bridgehead atoms. The first kappa shape index (κ1) is 14.1. The summed E-state index contributed by atoms with van der Waals surface area (Å²) in [6, 6.07) is 6.23. The van der Waals surface area contributed by atoms with Crippen LogP contribution in [0.15, 0.2) is 39.9 Å². The Labute approximate surface area is 114 Å². The first-order valence-electron chi connectivity index (χ1n) is 5.46. The average Bonchev–Trinajstić information content (AvgIpc) is 2.88. The molecule has 0 saturated heterocycles. The van der Waals surface area contributed by atoms with E-state index in [-0.39, 0.29) is 22.7 Å². The highest BCUT2D eigenvalue weighted by atomic mass is 32.2. The first-order chi connectivity index (χ1) is 8.99. The maximum atomic E-state index is 13.3. The molecule has 2 aromatic rings. The summed E-state index contributed by atoms with van der Waals surface area (Å²) in [5.74, 6) is -1.09. The highest BCUT2D eigenvalue weighted by Crippen LogP contribution is 2.15. The number of hydrogen-bond donors (Lipinski definition) is 1. The fourth-order valence-electron chi connectivity index (χ4n) is 1.54. The number of sulfonamides is 1. The molecule has 7 heteroatoms. The monoisotopic (exact) mass is 303 g/mol. The van der Waals surface area contributed by atoms with Crippen LogP contribution < -0.4 is 4.72 Å². The lowest BCUT2D eigenvalue weighted by Gasteiger charge is -2.06. The molecule has 0 fully saturated rings. The summed E-state index contributed by atoms with van der Waals surface area (Å²) in [4.78, 5) is 0. The van der Waals surface area contributed by atoms with E-state index in [2.05, 4.69) is 4.72 Å². The Hall–Kier alpha value is -1.31. The normalized spacial score (nSPS) is 11.7. The molecule has 0 aliphatic heterocycles. The van der Waals surface area contributed by atoms with E-state index >= 15 is 0 Å². The van der Waals surface area contributed by atoms with Gasteiger partial charge in [0.2, 0.25) is 10.0 Å². The summed E-state index contributed by atoms with van der Waals surface area (Å²) in [5, 5.41) is 1.65. The Morgan fingerprint density at radius 1 is 1.21 bits per heavy atom. The Morgan fingerprint density at radius 3 is 2.68 bits per heavy atom. The van der Waals surface area contributed by atoms with Gasteiger partial charge in [-0.05, 0) is 41.6 Å². The predicted octanol–water partition coefficient (Wildman–Crippen LogP) is 2.55. The molecule has 0 atom stereocenters. The number of hydrogen-bond acceptors (Lipinski definition) is 3. The van der Waals surface area contributed by atoms with E-state index in [0.29, 0.717) is 0 Å². The molecule has 3 nitrogen and oxygen atoms in total. The van der Waals surface area contributed by atoms with Crippen LogP contribution in [0.3, 0.4) is 0 Å². The van der Waals surface area contributed by atoms with Crippen LogP contribution in [0.2, 0.25) is 0 Å². The Morgan fingerprint density at radius 2 is 2.00 bits per heavy atom. The smallest absolute Gasteiger partial charge is 0.210 e. The van der Waals surface area contributed by atoms with E-state index in [1.807, 2.05) is 0 Å². The lowest BCUT2D eigenvalue weighted by atomic mass is 10.1. The van der Waals surface area contributed by atoms with Crippen molar-refractivity contribution in [1.29, 1.82) is 0 Å².